The Morgan fingerprint density at radius 3 is 2.38 bits per heavy atom. The molecule has 0 saturated carbocycles. The quantitative estimate of drug-likeness (QED) is 0.536. The second-order valence-corrected chi connectivity index (χ2v) is 5.66. The molecule has 4 rings (SSSR count). The smallest absolute Gasteiger partial charge is 0.0353 e. The highest BCUT2D eigenvalue weighted by molar-refractivity contribution is 5.80. The second kappa shape index (κ2) is 4.78. The first-order chi connectivity index (χ1) is 10.3. The molecule has 1 nitrogen and oxygen atoms in total. The third-order valence-electron chi connectivity index (χ3n) is 4.37. The lowest BCUT2D eigenvalue weighted by atomic mass is 9.94. The molecule has 102 valence electrons. The molecule has 0 atom stereocenters. The summed E-state index contributed by atoms with van der Waals surface area (Å²) in [5.41, 5.74) is 15.3. The molecule has 1 heteroatoms. The topological polar surface area (TPSA) is 26.0 Å². The zero-order valence-electron chi connectivity index (χ0n) is 11.8. The van der Waals surface area contributed by atoms with Crippen LogP contribution < -0.4 is 5.73 Å². The third-order valence-corrected chi connectivity index (χ3v) is 4.37. The lowest BCUT2D eigenvalue weighted by Gasteiger charge is -2.12. The van der Waals surface area contributed by atoms with Crippen molar-refractivity contribution in [1.29, 1.82) is 0 Å². The van der Waals surface area contributed by atoms with Crippen molar-refractivity contribution in [1.82, 2.24) is 0 Å². The van der Waals surface area contributed by atoms with Crippen molar-refractivity contribution in [2.75, 3.05) is 5.73 Å². The van der Waals surface area contributed by atoms with E-state index in [0.29, 0.717) is 0 Å². The molecule has 1 aliphatic rings. The Bertz CT molecular complexity index is 803. The van der Waals surface area contributed by atoms with E-state index in [4.69, 9.17) is 5.73 Å². The number of nitrogens with two attached hydrogens (primary N) is 1. The summed E-state index contributed by atoms with van der Waals surface area (Å²) in [6, 6.07) is 23.4. The molecular formula is C20H17N. The molecule has 0 amide bonds. The van der Waals surface area contributed by atoms with E-state index in [-0.39, 0.29) is 0 Å². The predicted octanol–water partition coefficient (Wildman–Crippen LogP) is 4.43. The number of anilines is 1. The molecule has 0 heterocycles. The largest absolute Gasteiger partial charge is 0.398 e. The van der Waals surface area contributed by atoms with Crippen molar-refractivity contribution in [2.24, 2.45) is 0 Å². The van der Waals surface area contributed by atoms with Crippen LogP contribution in [0.2, 0.25) is 0 Å². The molecule has 3 aromatic rings. The van der Waals surface area contributed by atoms with Crippen molar-refractivity contribution in [2.45, 2.75) is 12.8 Å². The summed E-state index contributed by atoms with van der Waals surface area (Å²) in [5.74, 6) is 0. The highest BCUT2D eigenvalue weighted by Gasteiger charge is 2.21. The summed E-state index contributed by atoms with van der Waals surface area (Å²) < 4.78 is 0. The van der Waals surface area contributed by atoms with Gasteiger partial charge in [0, 0.05) is 5.69 Å². The number of nitrogen functional groups attached to an aromatic ring is 1. The SMILES string of the molecule is Nc1ccc2c(c1Cc1ccccc1)Cc1ccccc1-2. The standard InChI is InChI=1S/C20H17N/c21-20-11-10-17-16-9-5-4-8-15(16)13-18(17)19(20)12-14-6-2-1-3-7-14/h1-11H,12-13,21H2. The van der Waals surface area contributed by atoms with Crippen LogP contribution in [0.1, 0.15) is 22.3 Å². The maximum absolute atomic E-state index is 6.28. The van der Waals surface area contributed by atoms with Gasteiger partial charge in [-0.2, -0.15) is 0 Å². The molecule has 21 heavy (non-hydrogen) atoms. The summed E-state index contributed by atoms with van der Waals surface area (Å²) in [6.07, 6.45) is 1.91. The van der Waals surface area contributed by atoms with E-state index in [0.717, 1.165) is 18.5 Å². The Morgan fingerprint density at radius 1 is 0.762 bits per heavy atom. The Kier molecular flexibility index (Phi) is 2.78. The molecule has 3 aromatic carbocycles. The summed E-state index contributed by atoms with van der Waals surface area (Å²) in [4.78, 5) is 0. The van der Waals surface area contributed by atoms with E-state index in [9.17, 15) is 0 Å². The molecule has 0 aliphatic heterocycles. The van der Waals surface area contributed by atoms with Crippen LogP contribution in [0.25, 0.3) is 11.1 Å². The Labute approximate surface area is 125 Å². The number of benzene rings is 3. The van der Waals surface area contributed by atoms with E-state index < -0.39 is 0 Å². The monoisotopic (exact) mass is 271 g/mol. The van der Waals surface area contributed by atoms with Gasteiger partial charge in [0.05, 0.1) is 0 Å². The lowest BCUT2D eigenvalue weighted by Crippen LogP contribution is -2.01. The van der Waals surface area contributed by atoms with Gasteiger partial charge >= 0.3 is 0 Å². The maximum atomic E-state index is 6.28. The highest BCUT2D eigenvalue weighted by Crippen LogP contribution is 2.40. The first-order valence-corrected chi connectivity index (χ1v) is 7.35. The van der Waals surface area contributed by atoms with Gasteiger partial charge in [-0.1, -0.05) is 60.7 Å². The normalized spacial score (nSPS) is 12.0. The van der Waals surface area contributed by atoms with Gasteiger partial charge in [0.1, 0.15) is 0 Å². The van der Waals surface area contributed by atoms with Crippen LogP contribution in [0.3, 0.4) is 0 Å². The van der Waals surface area contributed by atoms with Crippen LogP contribution in [-0.4, -0.2) is 0 Å². The second-order valence-electron chi connectivity index (χ2n) is 5.66. The number of hydrogen-bond donors (Lipinski definition) is 1. The summed E-state index contributed by atoms with van der Waals surface area (Å²) in [5, 5.41) is 0. The Balaban J connectivity index is 1.83. The van der Waals surface area contributed by atoms with Crippen molar-refractivity contribution in [3.05, 3.63) is 89.0 Å². The van der Waals surface area contributed by atoms with Gasteiger partial charge < -0.3 is 5.73 Å². The summed E-state index contributed by atoms with van der Waals surface area (Å²) in [6.45, 7) is 0. The van der Waals surface area contributed by atoms with Crippen molar-refractivity contribution in [3.8, 4) is 11.1 Å². The molecule has 0 radical (unpaired) electrons. The van der Waals surface area contributed by atoms with Gasteiger partial charge in [0.15, 0.2) is 0 Å². The van der Waals surface area contributed by atoms with E-state index in [1.807, 2.05) is 0 Å². The van der Waals surface area contributed by atoms with Crippen LogP contribution >= 0.6 is 0 Å². The van der Waals surface area contributed by atoms with Crippen LogP contribution in [0.5, 0.6) is 0 Å². The predicted molar refractivity (Wildman–Crippen MR) is 88.3 cm³/mol. The number of fused-ring (bicyclic) bond motifs is 3. The molecule has 0 unspecified atom stereocenters. The maximum Gasteiger partial charge on any atom is 0.0353 e. The molecular weight excluding hydrogens is 254 g/mol. The van der Waals surface area contributed by atoms with Crippen LogP contribution in [0, 0.1) is 0 Å². The molecule has 0 bridgehead atoms. The van der Waals surface area contributed by atoms with Gasteiger partial charge in [-0.05, 0) is 52.3 Å². The minimum atomic E-state index is 0.907. The van der Waals surface area contributed by atoms with Crippen LogP contribution in [-0.2, 0) is 12.8 Å². The number of rotatable bonds is 2. The fourth-order valence-corrected chi connectivity index (χ4v) is 3.30. The lowest BCUT2D eigenvalue weighted by molar-refractivity contribution is 1.13. The van der Waals surface area contributed by atoms with Crippen LogP contribution in [0.4, 0.5) is 5.69 Å². The summed E-state index contributed by atoms with van der Waals surface area (Å²) >= 11 is 0. The average molecular weight is 271 g/mol. The Morgan fingerprint density at radius 2 is 1.52 bits per heavy atom. The van der Waals surface area contributed by atoms with Gasteiger partial charge in [0.25, 0.3) is 0 Å². The average Bonchev–Trinajstić information content (AvgIpc) is 2.90. The van der Waals surface area contributed by atoms with Gasteiger partial charge in [-0.15, -0.1) is 0 Å². The molecule has 0 spiro atoms. The van der Waals surface area contributed by atoms with Crippen molar-refractivity contribution < 1.29 is 0 Å². The van der Waals surface area contributed by atoms with E-state index in [2.05, 4.69) is 66.7 Å². The zero-order valence-corrected chi connectivity index (χ0v) is 11.8. The first-order valence-electron chi connectivity index (χ1n) is 7.35. The van der Waals surface area contributed by atoms with Crippen molar-refractivity contribution >= 4 is 5.69 Å². The third kappa shape index (κ3) is 2.02. The van der Waals surface area contributed by atoms with Gasteiger partial charge in [0.2, 0.25) is 0 Å². The van der Waals surface area contributed by atoms with Crippen molar-refractivity contribution in [3.63, 3.8) is 0 Å². The highest BCUT2D eigenvalue weighted by atomic mass is 14.6. The van der Waals surface area contributed by atoms with Crippen LogP contribution in [0.15, 0.2) is 66.7 Å². The minimum Gasteiger partial charge on any atom is -0.398 e. The van der Waals surface area contributed by atoms with E-state index in [1.165, 1.54) is 33.4 Å². The van der Waals surface area contributed by atoms with E-state index in [1.54, 1.807) is 0 Å². The fraction of sp³-hybridized carbons (Fsp3) is 0.100. The molecule has 2 N–H and O–H groups in total. The molecule has 1 aliphatic carbocycles. The fourth-order valence-electron chi connectivity index (χ4n) is 3.30. The zero-order chi connectivity index (χ0) is 14.2. The minimum absolute atomic E-state index is 0.907. The summed E-state index contributed by atoms with van der Waals surface area (Å²) in [7, 11) is 0. The Hall–Kier alpha value is -2.54. The molecule has 0 fully saturated rings. The number of hydrogen-bond acceptors (Lipinski definition) is 1. The van der Waals surface area contributed by atoms with Gasteiger partial charge in [-0.3, -0.25) is 0 Å². The van der Waals surface area contributed by atoms with E-state index >= 15 is 0 Å². The molecule has 0 aromatic heterocycles. The molecule has 0 saturated heterocycles. The first kappa shape index (κ1) is 12.2. The van der Waals surface area contributed by atoms with Gasteiger partial charge in [-0.25, -0.2) is 0 Å².